The fourth-order valence-electron chi connectivity index (χ4n) is 6.03. The predicted octanol–water partition coefficient (Wildman–Crippen LogP) is 7.12. The molecule has 0 radical (unpaired) electrons. The van der Waals surface area contributed by atoms with Gasteiger partial charge in [0, 0.05) is 40.9 Å². The maximum atomic E-state index is 14.4. The fourth-order valence-corrected chi connectivity index (χ4v) is 6.03. The molecule has 0 unspecified atom stereocenters. The first-order valence-electron chi connectivity index (χ1n) is 12.2. The van der Waals surface area contributed by atoms with Crippen molar-refractivity contribution in [3.63, 3.8) is 0 Å². The zero-order valence-corrected chi connectivity index (χ0v) is 19.4. The number of nitrogens with zero attached hydrogens (tertiary/aromatic N) is 2. The minimum Gasteiger partial charge on any atom is -0.367 e. The number of aromatic nitrogens is 3. The minimum absolute atomic E-state index is 0.258. The molecule has 6 heteroatoms. The van der Waals surface area contributed by atoms with Gasteiger partial charge in [-0.3, -0.25) is 0 Å². The second kappa shape index (κ2) is 8.19. The SMILES string of the molecule is Cc1ccc(-c2cc(N[C@H]3C4CCC(CC4)[C@@H]3C)nc(-c3c[nH]c4c(F)cc(F)cc34)n2)cc1. The molecule has 0 amide bonds. The summed E-state index contributed by atoms with van der Waals surface area (Å²) in [4.78, 5) is 12.6. The largest absolute Gasteiger partial charge is 0.367 e. The van der Waals surface area contributed by atoms with Crippen LogP contribution in [0.15, 0.2) is 48.7 Å². The Morgan fingerprint density at radius 3 is 2.41 bits per heavy atom. The summed E-state index contributed by atoms with van der Waals surface area (Å²) in [5.41, 5.74) is 3.78. The quantitative estimate of drug-likeness (QED) is 0.342. The first-order chi connectivity index (χ1) is 16.5. The molecule has 3 saturated carbocycles. The number of benzene rings is 2. The number of rotatable bonds is 4. The normalized spacial score (nSPS) is 24.0. The number of nitrogens with one attached hydrogen (secondary N) is 2. The predicted molar refractivity (Wildman–Crippen MR) is 131 cm³/mol. The molecule has 0 spiro atoms. The van der Waals surface area contributed by atoms with Crippen LogP contribution in [0.4, 0.5) is 14.6 Å². The Labute approximate surface area is 197 Å². The molecule has 3 aliphatic rings. The zero-order chi connectivity index (χ0) is 23.4. The molecule has 0 aliphatic heterocycles. The van der Waals surface area contributed by atoms with Crippen LogP contribution in [0.5, 0.6) is 0 Å². The Morgan fingerprint density at radius 2 is 1.68 bits per heavy atom. The van der Waals surface area contributed by atoms with E-state index in [4.69, 9.17) is 9.97 Å². The summed E-state index contributed by atoms with van der Waals surface area (Å²) in [6.45, 7) is 4.40. The maximum absolute atomic E-state index is 14.4. The standard InChI is InChI=1S/C28H28F2N4/c1-15-3-5-18(6-4-15)24-13-25(33-26-16(2)17-7-9-19(26)10-8-17)34-28(32-24)22-14-31-27-21(22)11-20(29)12-23(27)30/h3-6,11-14,16-17,19,26,31H,7-10H2,1-2H3,(H,32,33,34)/t16-,17?,19?,26+/m0/s1. The van der Waals surface area contributed by atoms with Gasteiger partial charge in [-0.25, -0.2) is 18.7 Å². The van der Waals surface area contributed by atoms with E-state index in [0.29, 0.717) is 34.7 Å². The van der Waals surface area contributed by atoms with E-state index in [1.165, 1.54) is 37.3 Å². The van der Waals surface area contributed by atoms with Gasteiger partial charge in [-0.05, 0) is 56.4 Å². The topological polar surface area (TPSA) is 53.6 Å². The van der Waals surface area contributed by atoms with Crippen LogP contribution in [-0.2, 0) is 0 Å². The van der Waals surface area contributed by atoms with Crippen LogP contribution in [0.3, 0.4) is 0 Å². The van der Waals surface area contributed by atoms with E-state index in [9.17, 15) is 8.78 Å². The van der Waals surface area contributed by atoms with Crippen molar-refractivity contribution < 1.29 is 8.78 Å². The zero-order valence-electron chi connectivity index (χ0n) is 19.4. The molecule has 174 valence electrons. The van der Waals surface area contributed by atoms with Crippen LogP contribution >= 0.6 is 0 Å². The Hall–Kier alpha value is -3.28. The minimum atomic E-state index is -0.624. The van der Waals surface area contributed by atoms with Crippen LogP contribution in [-0.4, -0.2) is 21.0 Å². The highest BCUT2D eigenvalue weighted by Gasteiger charge is 2.41. The van der Waals surface area contributed by atoms with Gasteiger partial charge in [-0.15, -0.1) is 0 Å². The summed E-state index contributed by atoms with van der Waals surface area (Å²) < 4.78 is 28.4. The van der Waals surface area contributed by atoms with Crippen molar-refractivity contribution in [3.8, 4) is 22.6 Å². The van der Waals surface area contributed by atoms with Crippen molar-refractivity contribution in [3.05, 3.63) is 65.9 Å². The smallest absolute Gasteiger partial charge is 0.164 e. The third-order valence-corrected chi connectivity index (χ3v) is 7.97. The molecular formula is C28H28F2N4. The number of hydrogen-bond donors (Lipinski definition) is 2. The summed E-state index contributed by atoms with van der Waals surface area (Å²) in [5.74, 6) is 1.97. The van der Waals surface area contributed by atoms with Gasteiger partial charge in [-0.2, -0.15) is 0 Å². The van der Waals surface area contributed by atoms with Gasteiger partial charge in [0.25, 0.3) is 0 Å². The number of hydrogen-bond acceptors (Lipinski definition) is 3. The molecule has 2 aromatic carbocycles. The van der Waals surface area contributed by atoms with E-state index in [0.717, 1.165) is 29.1 Å². The van der Waals surface area contributed by atoms with E-state index in [-0.39, 0.29) is 5.52 Å². The monoisotopic (exact) mass is 458 g/mol. The highest BCUT2D eigenvalue weighted by Crippen LogP contribution is 2.46. The molecule has 2 bridgehead atoms. The second-order valence-electron chi connectivity index (χ2n) is 10.0. The number of aromatic amines is 1. The average Bonchev–Trinajstić information content (AvgIpc) is 3.26. The van der Waals surface area contributed by atoms with Crippen molar-refractivity contribution in [2.75, 3.05) is 5.32 Å². The first kappa shape index (κ1) is 21.3. The van der Waals surface area contributed by atoms with Crippen molar-refractivity contribution in [1.82, 2.24) is 15.0 Å². The molecule has 4 aromatic rings. The van der Waals surface area contributed by atoms with E-state index < -0.39 is 11.6 Å². The number of fused-ring (bicyclic) bond motifs is 4. The van der Waals surface area contributed by atoms with Crippen LogP contribution in [0.25, 0.3) is 33.5 Å². The van der Waals surface area contributed by atoms with Crippen LogP contribution < -0.4 is 5.32 Å². The molecule has 34 heavy (non-hydrogen) atoms. The number of halogens is 2. The number of anilines is 1. The lowest BCUT2D eigenvalue weighted by Gasteiger charge is -2.47. The fraction of sp³-hybridized carbons (Fsp3) is 0.357. The van der Waals surface area contributed by atoms with Crippen molar-refractivity contribution in [2.45, 2.75) is 45.6 Å². The molecule has 3 aliphatic carbocycles. The molecule has 2 aromatic heterocycles. The second-order valence-corrected chi connectivity index (χ2v) is 10.0. The molecule has 0 saturated heterocycles. The van der Waals surface area contributed by atoms with E-state index in [2.05, 4.69) is 36.3 Å². The molecule has 2 atom stereocenters. The van der Waals surface area contributed by atoms with Gasteiger partial charge in [-0.1, -0.05) is 36.8 Å². The molecule has 3 fully saturated rings. The Balaban J connectivity index is 1.47. The summed E-state index contributed by atoms with van der Waals surface area (Å²) in [5, 5.41) is 4.19. The van der Waals surface area contributed by atoms with Crippen molar-refractivity contribution in [2.24, 2.45) is 17.8 Å². The Morgan fingerprint density at radius 1 is 0.941 bits per heavy atom. The van der Waals surface area contributed by atoms with E-state index in [1.807, 2.05) is 18.2 Å². The van der Waals surface area contributed by atoms with Gasteiger partial charge < -0.3 is 10.3 Å². The summed E-state index contributed by atoms with van der Waals surface area (Å²) in [7, 11) is 0. The summed E-state index contributed by atoms with van der Waals surface area (Å²) in [6, 6.07) is 12.8. The molecule has 2 N–H and O–H groups in total. The summed E-state index contributed by atoms with van der Waals surface area (Å²) >= 11 is 0. The van der Waals surface area contributed by atoms with Crippen LogP contribution in [0.1, 0.15) is 38.2 Å². The molecule has 7 rings (SSSR count). The van der Waals surface area contributed by atoms with E-state index >= 15 is 0 Å². The maximum Gasteiger partial charge on any atom is 0.164 e. The lowest BCUT2D eigenvalue weighted by molar-refractivity contribution is 0.0928. The molecule has 4 nitrogen and oxygen atoms in total. The molecule has 2 heterocycles. The first-order valence-corrected chi connectivity index (χ1v) is 12.2. The molecular weight excluding hydrogens is 430 g/mol. The van der Waals surface area contributed by atoms with Gasteiger partial charge in [0.15, 0.2) is 5.82 Å². The van der Waals surface area contributed by atoms with Gasteiger partial charge in [0.05, 0.1) is 11.2 Å². The average molecular weight is 459 g/mol. The Kier molecular flexibility index (Phi) is 5.12. The van der Waals surface area contributed by atoms with Crippen LogP contribution in [0.2, 0.25) is 0 Å². The summed E-state index contributed by atoms with van der Waals surface area (Å²) in [6.07, 6.45) is 6.82. The lowest BCUT2D eigenvalue weighted by atomic mass is 9.62. The highest BCUT2D eigenvalue weighted by molar-refractivity contribution is 5.94. The van der Waals surface area contributed by atoms with Gasteiger partial charge >= 0.3 is 0 Å². The van der Waals surface area contributed by atoms with Crippen LogP contribution in [0, 0.1) is 36.3 Å². The highest BCUT2D eigenvalue weighted by atomic mass is 19.1. The lowest BCUT2D eigenvalue weighted by Crippen LogP contribution is -2.47. The van der Waals surface area contributed by atoms with Crippen molar-refractivity contribution in [1.29, 1.82) is 0 Å². The Bertz CT molecular complexity index is 1350. The third kappa shape index (κ3) is 3.65. The number of H-pyrrole nitrogens is 1. The third-order valence-electron chi connectivity index (χ3n) is 7.97. The van der Waals surface area contributed by atoms with Gasteiger partial charge in [0.1, 0.15) is 17.5 Å². The van der Waals surface area contributed by atoms with Crippen molar-refractivity contribution >= 4 is 16.7 Å². The van der Waals surface area contributed by atoms with E-state index in [1.54, 1.807) is 6.20 Å². The number of aryl methyl sites for hydroxylation is 1. The van der Waals surface area contributed by atoms with Gasteiger partial charge in [0.2, 0.25) is 0 Å².